The number of hydrogen-bond acceptors (Lipinski definition) is 5. The molecule has 0 radical (unpaired) electrons. The Hall–Kier alpha value is -1.51. The van der Waals surface area contributed by atoms with Gasteiger partial charge in [-0.05, 0) is 18.2 Å². The Labute approximate surface area is 119 Å². The molecule has 1 heterocycles. The molecule has 118 valence electrons. The van der Waals surface area contributed by atoms with Crippen molar-refractivity contribution in [3.63, 3.8) is 0 Å². The van der Waals surface area contributed by atoms with Crippen molar-refractivity contribution in [1.82, 2.24) is 0 Å². The number of rotatable bonds is 4. The van der Waals surface area contributed by atoms with E-state index in [1.807, 2.05) is 0 Å². The number of aliphatic hydroxyl groups is 3. The number of alkyl halides is 3. The molecule has 1 aliphatic heterocycles. The van der Waals surface area contributed by atoms with Gasteiger partial charge in [-0.15, -0.1) is 0 Å². The van der Waals surface area contributed by atoms with E-state index < -0.39 is 37.5 Å². The van der Waals surface area contributed by atoms with Crippen LogP contribution in [-0.2, 0) is 0 Å². The van der Waals surface area contributed by atoms with Gasteiger partial charge in [0, 0.05) is 24.2 Å². The van der Waals surface area contributed by atoms with Crippen molar-refractivity contribution in [3.8, 4) is 5.75 Å². The van der Waals surface area contributed by atoms with E-state index >= 15 is 0 Å². The fourth-order valence-electron chi connectivity index (χ4n) is 2.06. The first-order valence-electron chi connectivity index (χ1n) is 6.39. The Morgan fingerprint density at radius 1 is 1.38 bits per heavy atom. The Morgan fingerprint density at radius 2 is 2.10 bits per heavy atom. The summed E-state index contributed by atoms with van der Waals surface area (Å²) in [6.45, 7) is -0.325. The molecule has 8 heteroatoms. The molecule has 0 amide bonds. The van der Waals surface area contributed by atoms with Gasteiger partial charge < -0.3 is 25.4 Å². The van der Waals surface area contributed by atoms with Gasteiger partial charge in [0.25, 0.3) is 0 Å². The van der Waals surface area contributed by atoms with Crippen LogP contribution in [0.1, 0.15) is 18.1 Å². The first-order chi connectivity index (χ1) is 9.81. The van der Waals surface area contributed by atoms with Crippen molar-refractivity contribution in [2.24, 2.45) is 0 Å². The van der Waals surface area contributed by atoms with Gasteiger partial charge in [-0.25, -0.2) is 0 Å². The van der Waals surface area contributed by atoms with E-state index in [1.54, 1.807) is 0 Å². The molecule has 0 saturated carbocycles. The fraction of sp³-hybridized carbons (Fsp3) is 0.538. The molecule has 3 atom stereocenters. The Morgan fingerprint density at radius 3 is 2.71 bits per heavy atom. The Balaban J connectivity index is 2.13. The largest absolute Gasteiger partial charge is 0.480 e. The van der Waals surface area contributed by atoms with Crippen LogP contribution in [0.5, 0.6) is 5.75 Å². The van der Waals surface area contributed by atoms with Crippen LogP contribution in [0, 0.1) is 0 Å². The first kappa shape index (κ1) is 15.9. The smallest absolute Gasteiger partial charge is 0.425 e. The zero-order valence-corrected chi connectivity index (χ0v) is 11.0. The van der Waals surface area contributed by atoms with Gasteiger partial charge >= 0.3 is 6.18 Å². The highest BCUT2D eigenvalue weighted by molar-refractivity contribution is 5.52. The van der Waals surface area contributed by atoms with Crippen LogP contribution in [0.15, 0.2) is 18.2 Å². The molecule has 0 aliphatic carbocycles. The third kappa shape index (κ3) is 3.78. The van der Waals surface area contributed by atoms with E-state index in [1.165, 1.54) is 18.2 Å². The Bertz CT molecular complexity index is 495. The SMILES string of the molecule is OCC(O)CNc1ccc2c(c1)C(O)CC(C(F)(F)F)O2. The second-order valence-electron chi connectivity index (χ2n) is 4.87. The predicted molar refractivity (Wildman–Crippen MR) is 68.1 cm³/mol. The van der Waals surface area contributed by atoms with E-state index in [2.05, 4.69) is 5.32 Å². The van der Waals surface area contributed by atoms with Crippen LogP contribution in [0.2, 0.25) is 0 Å². The predicted octanol–water partition coefficient (Wildman–Crippen LogP) is 1.20. The molecule has 0 fully saturated rings. The number of fused-ring (bicyclic) bond motifs is 1. The van der Waals surface area contributed by atoms with Crippen LogP contribution in [0.4, 0.5) is 18.9 Å². The second-order valence-corrected chi connectivity index (χ2v) is 4.87. The maximum atomic E-state index is 12.6. The van der Waals surface area contributed by atoms with Crippen molar-refractivity contribution in [2.45, 2.75) is 30.9 Å². The number of hydrogen-bond donors (Lipinski definition) is 4. The third-order valence-electron chi connectivity index (χ3n) is 3.19. The molecular formula is C13H16F3NO4. The zero-order chi connectivity index (χ0) is 15.6. The van der Waals surface area contributed by atoms with Gasteiger partial charge in [-0.3, -0.25) is 0 Å². The molecule has 0 bridgehead atoms. The van der Waals surface area contributed by atoms with Gasteiger partial charge in [0.1, 0.15) is 5.75 Å². The van der Waals surface area contributed by atoms with Gasteiger partial charge in [-0.2, -0.15) is 13.2 Å². The van der Waals surface area contributed by atoms with Crippen molar-refractivity contribution in [3.05, 3.63) is 23.8 Å². The number of benzene rings is 1. The highest BCUT2D eigenvalue weighted by atomic mass is 19.4. The van der Waals surface area contributed by atoms with Crippen molar-refractivity contribution in [1.29, 1.82) is 0 Å². The summed E-state index contributed by atoms with van der Waals surface area (Å²) in [5.41, 5.74) is 0.772. The van der Waals surface area contributed by atoms with Gasteiger partial charge in [-0.1, -0.05) is 0 Å². The van der Waals surface area contributed by atoms with E-state index in [0.717, 1.165) is 0 Å². The quantitative estimate of drug-likeness (QED) is 0.672. The number of halogens is 3. The summed E-state index contributed by atoms with van der Waals surface area (Å²) in [7, 11) is 0. The molecule has 0 spiro atoms. The van der Waals surface area contributed by atoms with E-state index in [9.17, 15) is 23.4 Å². The summed E-state index contributed by atoms with van der Waals surface area (Å²) in [5, 5.41) is 30.6. The average Bonchev–Trinajstić information content (AvgIpc) is 2.43. The van der Waals surface area contributed by atoms with Crippen LogP contribution >= 0.6 is 0 Å². The van der Waals surface area contributed by atoms with Crippen LogP contribution in [-0.4, -0.2) is 46.9 Å². The standard InChI is InChI=1S/C13H16F3NO4/c14-13(15,16)12-4-10(20)9-3-7(1-2-11(9)21-12)17-5-8(19)6-18/h1-3,8,10,12,17-20H,4-6H2. The minimum atomic E-state index is -4.53. The lowest BCUT2D eigenvalue weighted by Crippen LogP contribution is -2.38. The van der Waals surface area contributed by atoms with Crippen LogP contribution in [0.25, 0.3) is 0 Å². The van der Waals surface area contributed by atoms with E-state index in [0.29, 0.717) is 5.69 Å². The lowest BCUT2D eigenvalue weighted by Gasteiger charge is -2.31. The molecular weight excluding hydrogens is 291 g/mol. The van der Waals surface area contributed by atoms with E-state index in [4.69, 9.17) is 9.84 Å². The van der Waals surface area contributed by atoms with Crippen LogP contribution in [0.3, 0.4) is 0 Å². The lowest BCUT2D eigenvalue weighted by molar-refractivity contribution is -0.207. The van der Waals surface area contributed by atoms with Gasteiger partial charge in [0.05, 0.1) is 18.8 Å². The van der Waals surface area contributed by atoms with Crippen LogP contribution < -0.4 is 10.1 Å². The van der Waals surface area contributed by atoms with Crippen molar-refractivity contribution in [2.75, 3.05) is 18.5 Å². The van der Waals surface area contributed by atoms with Gasteiger partial charge in [0.2, 0.25) is 0 Å². The summed E-state index contributed by atoms with van der Waals surface area (Å²) >= 11 is 0. The summed E-state index contributed by atoms with van der Waals surface area (Å²) in [6.07, 6.45) is -9.32. The molecule has 4 N–H and O–H groups in total. The number of ether oxygens (including phenoxy) is 1. The molecule has 3 unspecified atom stereocenters. The molecule has 1 aliphatic rings. The first-order valence-corrected chi connectivity index (χ1v) is 6.39. The topological polar surface area (TPSA) is 82.0 Å². The van der Waals surface area contributed by atoms with E-state index in [-0.39, 0.29) is 17.9 Å². The highest BCUT2D eigenvalue weighted by Gasteiger charge is 2.45. The molecule has 1 aromatic carbocycles. The molecule has 2 rings (SSSR count). The normalized spacial score (nSPS) is 23.1. The maximum Gasteiger partial charge on any atom is 0.425 e. The molecule has 1 aromatic rings. The summed E-state index contributed by atoms with van der Waals surface area (Å²) in [6, 6.07) is 4.29. The third-order valence-corrected chi connectivity index (χ3v) is 3.19. The zero-order valence-electron chi connectivity index (χ0n) is 11.0. The average molecular weight is 307 g/mol. The van der Waals surface area contributed by atoms with Crippen molar-refractivity contribution >= 4 is 5.69 Å². The fourth-order valence-corrected chi connectivity index (χ4v) is 2.06. The van der Waals surface area contributed by atoms with Gasteiger partial charge in [0.15, 0.2) is 6.10 Å². The Kier molecular flexibility index (Phi) is 4.60. The number of anilines is 1. The second kappa shape index (κ2) is 6.08. The highest BCUT2D eigenvalue weighted by Crippen LogP contribution is 2.41. The maximum absolute atomic E-state index is 12.6. The minimum Gasteiger partial charge on any atom is -0.480 e. The summed E-state index contributed by atoms with van der Waals surface area (Å²) < 4.78 is 42.8. The molecule has 0 aromatic heterocycles. The molecule has 21 heavy (non-hydrogen) atoms. The van der Waals surface area contributed by atoms with Crippen molar-refractivity contribution < 1.29 is 33.2 Å². The lowest BCUT2D eigenvalue weighted by atomic mass is 9.98. The number of nitrogens with one attached hydrogen (secondary N) is 1. The minimum absolute atomic E-state index is 0.00988. The molecule has 5 nitrogen and oxygen atoms in total. The molecule has 0 saturated heterocycles. The summed E-state index contributed by atoms with van der Waals surface area (Å²) in [5.74, 6) is -0.00988. The monoisotopic (exact) mass is 307 g/mol. The summed E-state index contributed by atoms with van der Waals surface area (Å²) in [4.78, 5) is 0. The number of aliphatic hydroxyl groups excluding tert-OH is 3.